The van der Waals surface area contributed by atoms with E-state index in [1.165, 1.54) is 0 Å². The number of thioether (sulfide) groups is 1. The number of nitrogens with one attached hydrogen (secondary N) is 2. The third kappa shape index (κ3) is 4.59. The fraction of sp³-hybridized carbons (Fsp3) is 0.571. The van der Waals surface area contributed by atoms with E-state index in [-0.39, 0.29) is 12.1 Å². The maximum absolute atomic E-state index is 11.7. The summed E-state index contributed by atoms with van der Waals surface area (Å²) < 4.78 is 0. The van der Waals surface area contributed by atoms with Crippen molar-refractivity contribution in [3.8, 4) is 0 Å². The molecule has 2 N–H and O–H groups in total. The van der Waals surface area contributed by atoms with Crippen LogP contribution in [-0.4, -0.2) is 48.7 Å². The molecule has 20 heavy (non-hydrogen) atoms. The van der Waals surface area contributed by atoms with Crippen molar-refractivity contribution in [1.29, 1.82) is 0 Å². The summed E-state index contributed by atoms with van der Waals surface area (Å²) in [5.41, 5.74) is 0. The van der Waals surface area contributed by atoms with Crippen LogP contribution >= 0.6 is 11.8 Å². The Hall–Kier alpha value is -1.43. The zero-order chi connectivity index (χ0) is 14.2. The van der Waals surface area contributed by atoms with Crippen molar-refractivity contribution in [2.45, 2.75) is 18.9 Å². The maximum Gasteiger partial charge on any atom is 0.315 e. The molecule has 2 heterocycles. The van der Waals surface area contributed by atoms with Crippen LogP contribution in [0.1, 0.15) is 12.8 Å². The van der Waals surface area contributed by atoms with Gasteiger partial charge >= 0.3 is 6.03 Å². The molecule has 1 saturated heterocycles. The third-order valence-corrected chi connectivity index (χ3v) is 4.00. The van der Waals surface area contributed by atoms with E-state index in [0.29, 0.717) is 0 Å². The predicted molar refractivity (Wildman–Crippen MR) is 84.4 cm³/mol. The van der Waals surface area contributed by atoms with E-state index in [2.05, 4.69) is 26.8 Å². The number of hydrogen-bond donors (Lipinski definition) is 2. The van der Waals surface area contributed by atoms with E-state index in [4.69, 9.17) is 0 Å². The van der Waals surface area contributed by atoms with Crippen molar-refractivity contribution in [2.24, 2.45) is 0 Å². The molecule has 0 unspecified atom stereocenters. The summed E-state index contributed by atoms with van der Waals surface area (Å²) in [6.45, 7) is 2.51. The molecule has 5 nitrogen and oxygen atoms in total. The Labute approximate surface area is 124 Å². The minimum Gasteiger partial charge on any atom is -0.354 e. The van der Waals surface area contributed by atoms with Gasteiger partial charge in [-0.05, 0) is 37.0 Å². The van der Waals surface area contributed by atoms with Crippen molar-refractivity contribution in [3.63, 3.8) is 0 Å². The first kappa shape index (κ1) is 15.0. The van der Waals surface area contributed by atoms with E-state index >= 15 is 0 Å². The molecule has 1 atom stereocenters. The highest BCUT2D eigenvalue weighted by molar-refractivity contribution is 7.98. The monoisotopic (exact) mass is 294 g/mol. The first-order valence-electron chi connectivity index (χ1n) is 6.99. The second-order valence-corrected chi connectivity index (χ2v) is 5.85. The van der Waals surface area contributed by atoms with Gasteiger partial charge in [0.2, 0.25) is 0 Å². The molecule has 110 valence electrons. The Kier molecular flexibility index (Phi) is 5.98. The number of urea groups is 1. The van der Waals surface area contributed by atoms with E-state index in [0.717, 1.165) is 44.0 Å². The van der Waals surface area contributed by atoms with Gasteiger partial charge in [-0.15, -0.1) is 0 Å². The normalized spacial score (nSPS) is 18.1. The van der Waals surface area contributed by atoms with Gasteiger partial charge in [-0.1, -0.05) is 6.07 Å². The number of rotatable bonds is 6. The van der Waals surface area contributed by atoms with Crippen LogP contribution in [0.15, 0.2) is 24.4 Å². The lowest BCUT2D eigenvalue weighted by Gasteiger charge is -2.17. The van der Waals surface area contributed by atoms with Crippen LogP contribution in [0.4, 0.5) is 10.6 Å². The Morgan fingerprint density at radius 3 is 3.20 bits per heavy atom. The summed E-state index contributed by atoms with van der Waals surface area (Å²) in [4.78, 5) is 18.3. The molecule has 1 aromatic rings. The van der Waals surface area contributed by atoms with Gasteiger partial charge in [-0.25, -0.2) is 9.78 Å². The smallest absolute Gasteiger partial charge is 0.315 e. The molecule has 1 aliphatic heterocycles. The predicted octanol–water partition coefficient (Wildman–Crippen LogP) is 1.71. The molecule has 1 fully saturated rings. The van der Waals surface area contributed by atoms with Crippen molar-refractivity contribution in [1.82, 2.24) is 15.6 Å². The highest BCUT2D eigenvalue weighted by atomic mass is 32.2. The van der Waals surface area contributed by atoms with Crippen molar-refractivity contribution in [3.05, 3.63) is 24.4 Å². The van der Waals surface area contributed by atoms with Gasteiger partial charge in [0.1, 0.15) is 5.82 Å². The molecular formula is C14H22N4OS. The van der Waals surface area contributed by atoms with E-state index in [1.54, 1.807) is 18.0 Å². The molecule has 1 aromatic heterocycles. The summed E-state index contributed by atoms with van der Waals surface area (Å²) in [7, 11) is 0. The topological polar surface area (TPSA) is 57.3 Å². The van der Waals surface area contributed by atoms with E-state index < -0.39 is 0 Å². The van der Waals surface area contributed by atoms with Crippen LogP contribution in [0.2, 0.25) is 0 Å². The molecular weight excluding hydrogens is 272 g/mol. The van der Waals surface area contributed by atoms with Crippen molar-refractivity contribution >= 4 is 23.6 Å². The number of aromatic nitrogens is 1. The molecule has 2 rings (SSSR count). The number of carbonyl (C=O) groups is 1. The number of pyridine rings is 1. The molecule has 2 amide bonds. The second kappa shape index (κ2) is 7.99. The van der Waals surface area contributed by atoms with E-state index in [1.807, 2.05) is 18.2 Å². The van der Waals surface area contributed by atoms with Crippen LogP contribution in [0.5, 0.6) is 0 Å². The lowest BCUT2D eigenvalue weighted by Crippen LogP contribution is -2.43. The van der Waals surface area contributed by atoms with Gasteiger partial charge in [0.25, 0.3) is 0 Å². The number of anilines is 1. The van der Waals surface area contributed by atoms with Crippen LogP contribution in [-0.2, 0) is 0 Å². The maximum atomic E-state index is 11.7. The average Bonchev–Trinajstić information content (AvgIpc) is 2.93. The fourth-order valence-corrected chi connectivity index (χ4v) is 2.71. The highest BCUT2D eigenvalue weighted by Gasteiger charge is 2.24. The molecule has 0 spiro atoms. The van der Waals surface area contributed by atoms with Crippen LogP contribution in [0, 0.1) is 0 Å². The van der Waals surface area contributed by atoms with Crippen LogP contribution in [0.3, 0.4) is 0 Å². The highest BCUT2D eigenvalue weighted by Crippen LogP contribution is 2.17. The molecule has 0 aliphatic carbocycles. The molecule has 6 heteroatoms. The third-order valence-electron chi connectivity index (χ3n) is 3.31. The number of hydrogen-bond acceptors (Lipinski definition) is 4. The lowest BCUT2D eigenvalue weighted by molar-refractivity contribution is 0.238. The minimum absolute atomic E-state index is 0.0565. The van der Waals surface area contributed by atoms with Gasteiger partial charge in [0, 0.05) is 31.9 Å². The van der Waals surface area contributed by atoms with Gasteiger partial charge in [0.15, 0.2) is 0 Å². The molecule has 1 aliphatic rings. The molecule has 0 saturated carbocycles. The Morgan fingerprint density at radius 1 is 1.55 bits per heavy atom. The zero-order valence-corrected chi connectivity index (χ0v) is 12.7. The van der Waals surface area contributed by atoms with Crippen LogP contribution in [0.25, 0.3) is 0 Å². The Balaban J connectivity index is 1.69. The molecule has 0 bridgehead atoms. The summed E-state index contributed by atoms with van der Waals surface area (Å²) >= 11 is 1.80. The largest absolute Gasteiger partial charge is 0.354 e. The summed E-state index contributed by atoms with van der Waals surface area (Å²) in [6.07, 6.45) is 5.85. The lowest BCUT2D eigenvalue weighted by atomic mass is 10.3. The first-order valence-corrected chi connectivity index (χ1v) is 8.38. The minimum atomic E-state index is -0.0565. The van der Waals surface area contributed by atoms with Gasteiger partial charge in [0.05, 0.1) is 0 Å². The summed E-state index contributed by atoms with van der Waals surface area (Å²) in [5.74, 6) is 2.06. The Bertz CT molecular complexity index is 415. The first-order chi connectivity index (χ1) is 9.79. The zero-order valence-electron chi connectivity index (χ0n) is 11.8. The number of carbonyl (C=O) groups excluding carboxylic acids is 1. The van der Waals surface area contributed by atoms with Gasteiger partial charge < -0.3 is 15.5 Å². The number of amides is 2. The quantitative estimate of drug-likeness (QED) is 0.784. The fourth-order valence-electron chi connectivity index (χ4n) is 2.28. The average molecular weight is 294 g/mol. The van der Waals surface area contributed by atoms with Gasteiger partial charge in [-0.3, -0.25) is 0 Å². The molecule has 0 aromatic carbocycles. The second-order valence-electron chi connectivity index (χ2n) is 4.87. The van der Waals surface area contributed by atoms with Crippen molar-refractivity contribution in [2.75, 3.05) is 36.5 Å². The summed E-state index contributed by atoms with van der Waals surface area (Å²) in [6, 6.07) is 6.06. The standard InChI is InChI=1S/C14H22N4OS/c1-20-10-4-8-16-14(19)17-12-6-9-18(11-12)13-5-2-3-7-15-13/h2-3,5,7,12H,4,6,8-11H2,1H3,(H2,16,17,19)/t12-/m1/s1. The van der Waals surface area contributed by atoms with Crippen molar-refractivity contribution < 1.29 is 4.79 Å². The Morgan fingerprint density at radius 2 is 2.45 bits per heavy atom. The summed E-state index contributed by atoms with van der Waals surface area (Å²) in [5, 5.41) is 5.93. The van der Waals surface area contributed by atoms with E-state index in [9.17, 15) is 4.79 Å². The number of nitrogens with zero attached hydrogens (tertiary/aromatic N) is 2. The SMILES string of the molecule is CSCCCNC(=O)N[C@@H]1CCN(c2ccccn2)C1. The van der Waals surface area contributed by atoms with Crippen LogP contribution < -0.4 is 15.5 Å². The molecule has 0 radical (unpaired) electrons. The van der Waals surface area contributed by atoms with Gasteiger partial charge in [-0.2, -0.15) is 11.8 Å².